The van der Waals surface area contributed by atoms with E-state index in [1.165, 1.54) is 30.2 Å². The van der Waals surface area contributed by atoms with Crippen molar-refractivity contribution in [1.82, 2.24) is 15.2 Å². The molecule has 0 bridgehead atoms. The maximum Gasteiger partial charge on any atom is 0.254 e. The van der Waals surface area contributed by atoms with Crippen LogP contribution in [0.1, 0.15) is 24.0 Å². The number of methoxy groups -OCH3 is 1. The zero-order valence-corrected chi connectivity index (χ0v) is 17.1. The molecule has 1 aliphatic heterocycles. The summed E-state index contributed by atoms with van der Waals surface area (Å²) in [5, 5.41) is 3.15. The van der Waals surface area contributed by atoms with E-state index in [1.807, 2.05) is 0 Å². The molecule has 1 aliphatic rings. The Labute approximate surface area is 174 Å². The van der Waals surface area contributed by atoms with Crippen molar-refractivity contribution in [3.63, 3.8) is 0 Å². The van der Waals surface area contributed by atoms with Gasteiger partial charge in [0, 0.05) is 12.6 Å². The average Bonchev–Trinajstić information content (AvgIpc) is 3.22. The molecule has 1 unspecified atom stereocenters. The van der Waals surface area contributed by atoms with Crippen molar-refractivity contribution in [2.75, 3.05) is 20.7 Å². The highest BCUT2D eigenvalue weighted by Crippen LogP contribution is 2.26. The quantitative estimate of drug-likeness (QED) is 0.735. The third kappa shape index (κ3) is 5.77. The molecule has 6 nitrogen and oxygen atoms in total. The van der Waals surface area contributed by atoms with Gasteiger partial charge in [-0.2, -0.15) is 4.98 Å². The minimum Gasteiger partial charge on any atom is -0.481 e. The fourth-order valence-electron chi connectivity index (χ4n) is 3.11. The summed E-state index contributed by atoms with van der Waals surface area (Å²) in [6.45, 7) is 1.03. The van der Waals surface area contributed by atoms with Crippen LogP contribution in [0, 0.1) is 11.6 Å². The Balaban J connectivity index is 0.00000300. The lowest BCUT2D eigenvalue weighted by molar-refractivity contribution is -0.132. The van der Waals surface area contributed by atoms with Gasteiger partial charge in [0.05, 0.1) is 19.7 Å². The van der Waals surface area contributed by atoms with Crippen LogP contribution in [0.2, 0.25) is 0 Å². The minimum atomic E-state index is -0.655. The van der Waals surface area contributed by atoms with Crippen molar-refractivity contribution >= 4 is 18.3 Å². The summed E-state index contributed by atoms with van der Waals surface area (Å²) >= 11 is 0. The van der Waals surface area contributed by atoms with Crippen LogP contribution in [0.4, 0.5) is 8.78 Å². The van der Waals surface area contributed by atoms with E-state index >= 15 is 0 Å². The molecule has 9 heteroatoms. The summed E-state index contributed by atoms with van der Waals surface area (Å²) in [6.07, 6.45) is 1.76. The van der Waals surface area contributed by atoms with Gasteiger partial charge in [0.2, 0.25) is 11.8 Å². The lowest BCUT2D eigenvalue weighted by Crippen LogP contribution is -2.41. The highest BCUT2D eigenvalue weighted by Gasteiger charge is 2.26. The highest BCUT2D eigenvalue weighted by atomic mass is 35.5. The minimum absolute atomic E-state index is 0. The number of halogens is 3. The van der Waals surface area contributed by atoms with Crippen molar-refractivity contribution in [1.29, 1.82) is 0 Å². The zero-order chi connectivity index (χ0) is 20.1. The number of amides is 1. The molecule has 1 fully saturated rings. The van der Waals surface area contributed by atoms with Gasteiger partial charge in [0.25, 0.3) is 5.88 Å². The number of hydrogen-bond acceptors (Lipinski definition) is 5. The Bertz CT molecular complexity index is 830. The summed E-state index contributed by atoms with van der Waals surface area (Å²) in [5.41, 5.74) is 1.13. The van der Waals surface area contributed by atoms with E-state index < -0.39 is 5.82 Å². The van der Waals surface area contributed by atoms with Crippen LogP contribution < -0.4 is 14.8 Å². The first-order chi connectivity index (χ1) is 13.5. The van der Waals surface area contributed by atoms with Gasteiger partial charge in [-0.25, -0.2) is 8.78 Å². The van der Waals surface area contributed by atoms with Crippen LogP contribution in [-0.4, -0.2) is 42.5 Å². The third-order valence-corrected chi connectivity index (χ3v) is 4.61. The molecule has 0 radical (unpaired) electrons. The molecule has 29 heavy (non-hydrogen) atoms. The number of hydrogen-bond donors (Lipinski definition) is 1. The number of carbonyl (C=O) groups is 1. The molecule has 1 aromatic carbocycles. The van der Waals surface area contributed by atoms with Gasteiger partial charge in [0.1, 0.15) is 12.4 Å². The summed E-state index contributed by atoms with van der Waals surface area (Å²) in [7, 11) is 3.09. The van der Waals surface area contributed by atoms with Gasteiger partial charge < -0.3 is 19.7 Å². The van der Waals surface area contributed by atoms with E-state index in [9.17, 15) is 13.6 Å². The van der Waals surface area contributed by atoms with E-state index in [2.05, 4.69) is 10.3 Å². The van der Waals surface area contributed by atoms with E-state index in [-0.39, 0.29) is 55.1 Å². The predicted molar refractivity (Wildman–Crippen MR) is 106 cm³/mol. The van der Waals surface area contributed by atoms with Gasteiger partial charge in [-0.05, 0) is 43.1 Å². The van der Waals surface area contributed by atoms with Gasteiger partial charge in [-0.1, -0.05) is 12.1 Å². The number of ether oxygens (including phenoxy) is 2. The van der Waals surface area contributed by atoms with Crippen molar-refractivity contribution in [3.05, 3.63) is 53.1 Å². The van der Waals surface area contributed by atoms with E-state index in [0.29, 0.717) is 11.1 Å². The zero-order valence-electron chi connectivity index (χ0n) is 16.3. The van der Waals surface area contributed by atoms with Gasteiger partial charge >= 0.3 is 0 Å². The van der Waals surface area contributed by atoms with Crippen LogP contribution in [0.25, 0.3) is 0 Å². The third-order valence-electron chi connectivity index (χ3n) is 4.61. The Kier molecular flexibility index (Phi) is 8.16. The molecule has 1 aromatic heterocycles. The number of aromatic nitrogens is 1. The van der Waals surface area contributed by atoms with Crippen molar-refractivity contribution < 1.29 is 23.0 Å². The van der Waals surface area contributed by atoms with Gasteiger partial charge in [-0.3, -0.25) is 4.79 Å². The van der Waals surface area contributed by atoms with Gasteiger partial charge in [0.15, 0.2) is 5.82 Å². The maximum atomic E-state index is 14.5. The number of nitrogens with zero attached hydrogens (tertiary/aromatic N) is 2. The second kappa shape index (κ2) is 10.4. The van der Waals surface area contributed by atoms with Crippen LogP contribution >= 0.6 is 12.4 Å². The SMILES string of the molecule is COc1nc(OCc2ccc(F)cc2)c(F)cc1CN(C)C(=O)C1CCCN1.Cl. The highest BCUT2D eigenvalue weighted by molar-refractivity contribution is 5.85. The molecule has 0 aliphatic carbocycles. The molecule has 1 atom stereocenters. The van der Waals surface area contributed by atoms with Crippen LogP contribution in [0.3, 0.4) is 0 Å². The normalized spacial score (nSPS) is 15.5. The van der Waals surface area contributed by atoms with Crippen LogP contribution in [0.15, 0.2) is 30.3 Å². The maximum absolute atomic E-state index is 14.5. The lowest BCUT2D eigenvalue weighted by Gasteiger charge is -2.22. The molecule has 0 saturated carbocycles. The van der Waals surface area contributed by atoms with Crippen molar-refractivity contribution in [3.8, 4) is 11.8 Å². The van der Waals surface area contributed by atoms with Crippen molar-refractivity contribution in [2.45, 2.75) is 32.0 Å². The molecule has 1 N–H and O–H groups in total. The number of benzene rings is 1. The molecule has 1 saturated heterocycles. The molecule has 0 spiro atoms. The number of pyridine rings is 1. The number of rotatable bonds is 7. The number of likely N-dealkylation sites (N-methyl/N-ethyl adjacent to an activating group) is 1. The first-order valence-electron chi connectivity index (χ1n) is 9.07. The van der Waals surface area contributed by atoms with E-state index in [1.54, 1.807) is 19.2 Å². The van der Waals surface area contributed by atoms with E-state index in [0.717, 1.165) is 19.4 Å². The fraction of sp³-hybridized carbons (Fsp3) is 0.400. The Morgan fingerprint density at radius 2 is 2.00 bits per heavy atom. The summed E-state index contributed by atoms with van der Waals surface area (Å²) in [4.78, 5) is 18.1. The first kappa shape index (κ1) is 22.8. The first-order valence-corrected chi connectivity index (χ1v) is 9.07. The molecule has 3 rings (SSSR count). The van der Waals surface area contributed by atoms with Crippen LogP contribution in [-0.2, 0) is 17.9 Å². The summed E-state index contributed by atoms with van der Waals surface area (Å²) in [5.74, 6) is -1.08. The largest absolute Gasteiger partial charge is 0.481 e. The van der Waals surface area contributed by atoms with Gasteiger partial charge in [-0.15, -0.1) is 12.4 Å². The summed E-state index contributed by atoms with van der Waals surface area (Å²) < 4.78 is 38.1. The van der Waals surface area contributed by atoms with Crippen molar-refractivity contribution in [2.24, 2.45) is 0 Å². The average molecular weight is 428 g/mol. The molecular weight excluding hydrogens is 404 g/mol. The number of nitrogens with one attached hydrogen (secondary N) is 1. The Hall–Kier alpha value is -2.45. The lowest BCUT2D eigenvalue weighted by atomic mass is 10.2. The Morgan fingerprint density at radius 1 is 1.28 bits per heavy atom. The molecular formula is C20H24ClF2N3O3. The second-order valence-electron chi connectivity index (χ2n) is 6.70. The summed E-state index contributed by atoms with van der Waals surface area (Å²) in [6, 6.07) is 6.77. The standard InChI is InChI=1S/C20H23F2N3O3.ClH/c1-25(20(26)17-4-3-9-23-17)11-14-10-16(22)19(24-18(14)27-2)28-12-13-5-7-15(21)8-6-13;/h5-8,10,17,23H,3-4,9,11-12H2,1-2H3;1H. The smallest absolute Gasteiger partial charge is 0.254 e. The monoisotopic (exact) mass is 427 g/mol. The predicted octanol–water partition coefficient (Wildman–Crippen LogP) is 3.08. The van der Waals surface area contributed by atoms with Crippen LogP contribution in [0.5, 0.6) is 11.8 Å². The Morgan fingerprint density at radius 3 is 2.62 bits per heavy atom. The second-order valence-corrected chi connectivity index (χ2v) is 6.70. The molecule has 158 valence electrons. The fourth-order valence-corrected chi connectivity index (χ4v) is 3.11. The molecule has 1 amide bonds. The van der Waals surface area contributed by atoms with E-state index in [4.69, 9.17) is 9.47 Å². The molecule has 2 aromatic rings. The number of carbonyl (C=O) groups excluding carboxylic acids is 1. The topological polar surface area (TPSA) is 63.7 Å². The molecule has 2 heterocycles.